The predicted molar refractivity (Wildman–Crippen MR) is 107 cm³/mol. The number of fused-ring (bicyclic) bond motifs is 3. The molecule has 0 radical (unpaired) electrons. The molecule has 0 spiro atoms. The Morgan fingerprint density at radius 2 is 2.00 bits per heavy atom. The van der Waals surface area contributed by atoms with Crippen LogP contribution in [0.2, 0.25) is 0 Å². The maximum Gasteiger partial charge on any atom is 0.231 e. The van der Waals surface area contributed by atoms with Gasteiger partial charge in [-0.15, -0.1) is 0 Å². The van der Waals surface area contributed by atoms with Crippen LogP contribution in [-0.2, 0) is 12.8 Å². The first kappa shape index (κ1) is 16.7. The zero-order valence-corrected chi connectivity index (χ0v) is 15.8. The molecule has 1 unspecified atom stereocenters. The Balaban J connectivity index is 1.45. The molecule has 2 aliphatic rings. The van der Waals surface area contributed by atoms with Gasteiger partial charge in [0.1, 0.15) is 0 Å². The number of aromatic nitrogens is 1. The number of para-hydroxylation sites is 1. The van der Waals surface area contributed by atoms with Gasteiger partial charge in [0.15, 0.2) is 11.5 Å². The van der Waals surface area contributed by atoms with Gasteiger partial charge < -0.3 is 14.5 Å². The Kier molecular flexibility index (Phi) is 4.29. The highest BCUT2D eigenvalue weighted by Gasteiger charge is 2.29. The highest BCUT2D eigenvalue weighted by atomic mass is 16.7. The molecule has 3 aromatic rings. The Labute approximate surface area is 160 Å². The van der Waals surface area contributed by atoms with Crippen LogP contribution in [0.1, 0.15) is 42.5 Å². The first-order valence-electron chi connectivity index (χ1n) is 10.0. The molecule has 1 atom stereocenters. The van der Waals surface area contributed by atoms with E-state index < -0.39 is 0 Å². The molecule has 0 saturated heterocycles. The maximum atomic E-state index is 5.67. The van der Waals surface area contributed by atoms with Crippen molar-refractivity contribution in [2.24, 2.45) is 0 Å². The number of hydrogen-bond donors (Lipinski definition) is 1. The van der Waals surface area contributed by atoms with E-state index in [-0.39, 0.29) is 0 Å². The van der Waals surface area contributed by atoms with Gasteiger partial charge in [-0.2, -0.15) is 0 Å². The van der Waals surface area contributed by atoms with E-state index in [4.69, 9.17) is 9.47 Å². The average molecular weight is 362 g/mol. The van der Waals surface area contributed by atoms with Gasteiger partial charge >= 0.3 is 0 Å². The highest BCUT2D eigenvalue weighted by Crippen LogP contribution is 2.42. The largest absolute Gasteiger partial charge is 0.454 e. The number of H-pyrrole nitrogens is 1. The van der Waals surface area contributed by atoms with Crippen LogP contribution in [0.15, 0.2) is 42.6 Å². The van der Waals surface area contributed by atoms with Crippen LogP contribution in [0.3, 0.4) is 0 Å². The molecule has 3 heterocycles. The minimum absolute atomic E-state index is 0.344. The van der Waals surface area contributed by atoms with E-state index in [0.29, 0.717) is 12.8 Å². The maximum absolute atomic E-state index is 5.67. The number of aryl methyl sites for hydroxylation is 1. The second-order valence-electron chi connectivity index (χ2n) is 7.60. The molecule has 27 heavy (non-hydrogen) atoms. The molecule has 0 saturated carbocycles. The third-order valence-electron chi connectivity index (χ3n) is 5.98. The van der Waals surface area contributed by atoms with E-state index in [0.717, 1.165) is 43.9 Å². The molecular weight excluding hydrogens is 336 g/mol. The summed E-state index contributed by atoms with van der Waals surface area (Å²) in [4.78, 5) is 6.07. The fourth-order valence-corrected chi connectivity index (χ4v) is 4.67. The summed E-state index contributed by atoms with van der Waals surface area (Å²) in [5.74, 6) is 1.82. The summed E-state index contributed by atoms with van der Waals surface area (Å²) in [6.45, 7) is 4.88. The van der Waals surface area contributed by atoms with E-state index >= 15 is 0 Å². The average Bonchev–Trinajstić information content (AvgIpc) is 3.32. The first-order chi connectivity index (χ1) is 13.3. The van der Waals surface area contributed by atoms with Crippen molar-refractivity contribution >= 4 is 10.9 Å². The van der Waals surface area contributed by atoms with E-state index in [9.17, 15) is 0 Å². The Morgan fingerprint density at radius 1 is 1.15 bits per heavy atom. The fraction of sp³-hybridized carbons (Fsp3) is 0.391. The molecule has 1 aromatic heterocycles. The second kappa shape index (κ2) is 6.93. The summed E-state index contributed by atoms with van der Waals surface area (Å²) in [5, 5.41) is 1.35. The normalized spacial score (nSPS) is 18.8. The van der Waals surface area contributed by atoms with Gasteiger partial charge in [0.2, 0.25) is 6.79 Å². The van der Waals surface area contributed by atoms with Crippen LogP contribution < -0.4 is 9.47 Å². The predicted octanol–water partition coefficient (Wildman–Crippen LogP) is 4.84. The molecule has 1 N–H and O–H groups in total. The van der Waals surface area contributed by atoms with Crippen LogP contribution in [0.5, 0.6) is 11.5 Å². The van der Waals surface area contributed by atoms with Gasteiger partial charge in [-0.3, -0.25) is 4.90 Å². The molecule has 0 fully saturated rings. The first-order valence-corrected chi connectivity index (χ1v) is 10.0. The number of aromatic amines is 1. The smallest absolute Gasteiger partial charge is 0.231 e. The summed E-state index contributed by atoms with van der Waals surface area (Å²) in [7, 11) is 0. The molecule has 2 aliphatic heterocycles. The van der Waals surface area contributed by atoms with Gasteiger partial charge in [0, 0.05) is 29.7 Å². The van der Waals surface area contributed by atoms with Crippen molar-refractivity contribution < 1.29 is 9.47 Å². The second-order valence-corrected chi connectivity index (χ2v) is 7.60. The standard InChI is InChI=1S/C23H26N2O2/c1-2-10-25-11-9-16-12-22-23(27-15-26-22)13-19(16)21(25)8-7-17-14-24-20-6-4-3-5-18(17)20/h3-6,12-14,21,24H,2,7-11,15H2,1H3. The minimum Gasteiger partial charge on any atom is -0.454 e. The van der Waals surface area contributed by atoms with Crippen molar-refractivity contribution in [3.8, 4) is 11.5 Å². The van der Waals surface area contributed by atoms with Crippen molar-refractivity contribution in [3.63, 3.8) is 0 Å². The molecule has 140 valence electrons. The number of nitrogens with zero attached hydrogens (tertiary/aromatic N) is 1. The van der Waals surface area contributed by atoms with Gasteiger partial charge in [0.25, 0.3) is 0 Å². The molecule has 0 bridgehead atoms. The molecule has 2 aromatic carbocycles. The number of rotatable bonds is 5. The number of nitrogens with one attached hydrogen (secondary N) is 1. The van der Waals surface area contributed by atoms with Gasteiger partial charge in [0.05, 0.1) is 0 Å². The summed E-state index contributed by atoms with van der Waals surface area (Å²) in [6.07, 6.45) is 6.65. The monoisotopic (exact) mass is 362 g/mol. The summed E-state index contributed by atoms with van der Waals surface area (Å²) in [6, 6.07) is 13.5. The topological polar surface area (TPSA) is 37.5 Å². The van der Waals surface area contributed by atoms with Crippen LogP contribution >= 0.6 is 0 Å². The third kappa shape index (κ3) is 2.98. The van der Waals surface area contributed by atoms with Gasteiger partial charge in [-0.05, 0) is 67.1 Å². The van der Waals surface area contributed by atoms with Crippen LogP contribution in [0, 0.1) is 0 Å². The van der Waals surface area contributed by atoms with Crippen molar-refractivity contribution in [1.82, 2.24) is 9.88 Å². The van der Waals surface area contributed by atoms with Crippen molar-refractivity contribution in [1.29, 1.82) is 0 Å². The highest BCUT2D eigenvalue weighted by molar-refractivity contribution is 5.83. The lowest BCUT2D eigenvalue weighted by molar-refractivity contribution is 0.172. The molecule has 0 amide bonds. The van der Waals surface area contributed by atoms with Crippen LogP contribution in [0.4, 0.5) is 0 Å². The quantitative estimate of drug-likeness (QED) is 0.706. The fourth-order valence-electron chi connectivity index (χ4n) is 4.67. The van der Waals surface area contributed by atoms with Crippen LogP contribution in [-0.4, -0.2) is 29.8 Å². The summed E-state index contributed by atoms with van der Waals surface area (Å²) in [5.41, 5.74) is 5.49. The van der Waals surface area contributed by atoms with Gasteiger partial charge in [-0.1, -0.05) is 25.1 Å². The lowest BCUT2D eigenvalue weighted by Gasteiger charge is -2.37. The minimum atomic E-state index is 0.344. The van der Waals surface area contributed by atoms with E-state index in [1.165, 1.54) is 34.0 Å². The van der Waals surface area contributed by atoms with Crippen molar-refractivity contribution in [2.75, 3.05) is 19.9 Å². The number of benzene rings is 2. The zero-order chi connectivity index (χ0) is 18.2. The number of ether oxygens (including phenoxy) is 2. The van der Waals surface area contributed by atoms with Crippen molar-refractivity contribution in [2.45, 2.75) is 38.6 Å². The Morgan fingerprint density at radius 3 is 2.89 bits per heavy atom. The third-order valence-corrected chi connectivity index (χ3v) is 5.98. The Hall–Kier alpha value is -2.46. The molecular formula is C23H26N2O2. The van der Waals surface area contributed by atoms with Crippen LogP contribution in [0.25, 0.3) is 10.9 Å². The summed E-state index contributed by atoms with van der Waals surface area (Å²) >= 11 is 0. The molecule has 4 nitrogen and oxygen atoms in total. The molecule has 0 aliphatic carbocycles. The van der Waals surface area contributed by atoms with E-state index in [1.807, 2.05) is 0 Å². The van der Waals surface area contributed by atoms with Crippen molar-refractivity contribution in [3.05, 3.63) is 59.3 Å². The van der Waals surface area contributed by atoms with Gasteiger partial charge in [-0.25, -0.2) is 0 Å². The lowest BCUT2D eigenvalue weighted by Crippen LogP contribution is -2.36. The number of hydrogen-bond acceptors (Lipinski definition) is 3. The lowest BCUT2D eigenvalue weighted by atomic mass is 9.88. The summed E-state index contributed by atoms with van der Waals surface area (Å²) < 4.78 is 11.3. The molecule has 5 rings (SSSR count). The Bertz CT molecular complexity index is 962. The van der Waals surface area contributed by atoms with E-state index in [1.54, 1.807) is 0 Å². The zero-order valence-electron chi connectivity index (χ0n) is 15.8. The molecule has 4 heteroatoms. The van der Waals surface area contributed by atoms with E-state index in [2.05, 4.69) is 59.4 Å². The SMILES string of the molecule is CCCN1CCc2cc3c(cc2C1CCc1c[nH]c2ccccc12)OCO3.